The monoisotopic (exact) mass is 490 g/mol. The molecule has 3 N–H and O–H groups in total. The molecule has 7 nitrogen and oxygen atoms in total. The van der Waals surface area contributed by atoms with Gasteiger partial charge in [0.15, 0.2) is 0 Å². The van der Waals surface area contributed by atoms with Gasteiger partial charge < -0.3 is 20.5 Å². The molecule has 35 heavy (non-hydrogen) atoms. The van der Waals surface area contributed by atoms with Crippen LogP contribution in [0.2, 0.25) is 0 Å². The van der Waals surface area contributed by atoms with Crippen molar-refractivity contribution in [1.82, 2.24) is 10.6 Å². The summed E-state index contributed by atoms with van der Waals surface area (Å²) in [6.45, 7) is -0.201. The quantitative estimate of drug-likeness (QED) is 0.518. The number of amides is 2. The first-order valence-corrected chi connectivity index (χ1v) is 11.3. The third kappa shape index (κ3) is 5.58. The maximum atomic E-state index is 13.5. The lowest BCUT2D eigenvalue weighted by molar-refractivity contribution is -0.168. The van der Waals surface area contributed by atoms with Gasteiger partial charge in [-0.2, -0.15) is 13.2 Å². The summed E-state index contributed by atoms with van der Waals surface area (Å²) < 4.78 is 45.6. The number of carbonyl (C=O) groups is 3. The highest BCUT2D eigenvalue weighted by molar-refractivity contribution is 5.86. The van der Waals surface area contributed by atoms with Crippen molar-refractivity contribution in [3.63, 3.8) is 0 Å². The van der Waals surface area contributed by atoms with Crippen LogP contribution in [0.25, 0.3) is 11.1 Å². The first-order chi connectivity index (χ1) is 16.6. The Bertz CT molecular complexity index is 1070. The standard InChI is InChI=1S/C25H25F3N2O5/c26-25(27,28)22(23(33)29-12-15-9-14(10-15)11-21(31)32)30-24(34)35-13-20-18-7-3-1-5-16(18)17-6-2-4-8-19(17)20/h1-8,14-15,20,22H,9-13H2,(H,29,33)(H,30,34)(H,31,32). The number of hydrogen-bond acceptors (Lipinski definition) is 4. The first kappa shape index (κ1) is 24.6. The molecule has 0 heterocycles. The molecule has 0 spiro atoms. The molecule has 10 heteroatoms. The zero-order chi connectivity index (χ0) is 25.2. The van der Waals surface area contributed by atoms with E-state index in [1.54, 1.807) is 5.32 Å². The number of carboxylic acids is 1. The van der Waals surface area contributed by atoms with Gasteiger partial charge in [0.2, 0.25) is 6.04 Å². The van der Waals surface area contributed by atoms with E-state index in [0.29, 0.717) is 12.8 Å². The zero-order valence-corrected chi connectivity index (χ0v) is 18.7. The van der Waals surface area contributed by atoms with E-state index in [1.807, 2.05) is 48.5 Å². The maximum absolute atomic E-state index is 13.5. The van der Waals surface area contributed by atoms with Crippen LogP contribution in [0.4, 0.5) is 18.0 Å². The Labute approximate surface area is 199 Å². The van der Waals surface area contributed by atoms with Gasteiger partial charge in [0.05, 0.1) is 0 Å². The van der Waals surface area contributed by atoms with Crippen LogP contribution in [0.3, 0.4) is 0 Å². The van der Waals surface area contributed by atoms with Crippen LogP contribution in [-0.4, -0.2) is 48.4 Å². The Morgan fingerprint density at radius 3 is 2.09 bits per heavy atom. The maximum Gasteiger partial charge on any atom is 0.417 e. The van der Waals surface area contributed by atoms with E-state index in [9.17, 15) is 27.6 Å². The van der Waals surface area contributed by atoms with Crippen molar-refractivity contribution in [2.75, 3.05) is 13.2 Å². The fourth-order valence-corrected chi connectivity index (χ4v) is 4.86. The second-order valence-corrected chi connectivity index (χ2v) is 8.99. The third-order valence-corrected chi connectivity index (χ3v) is 6.56. The Kier molecular flexibility index (Phi) is 7.00. The summed E-state index contributed by atoms with van der Waals surface area (Å²) in [5.41, 5.74) is 3.78. The van der Waals surface area contributed by atoms with Crippen LogP contribution >= 0.6 is 0 Å². The highest BCUT2D eigenvalue weighted by Gasteiger charge is 2.47. The molecule has 186 valence electrons. The minimum Gasteiger partial charge on any atom is -0.481 e. The van der Waals surface area contributed by atoms with Crippen molar-refractivity contribution in [3.8, 4) is 11.1 Å². The number of nitrogens with one attached hydrogen (secondary N) is 2. The summed E-state index contributed by atoms with van der Waals surface area (Å²) in [7, 11) is 0. The SMILES string of the molecule is O=C(O)CC1CC(CNC(=O)C(NC(=O)OCC2c3ccccc3-c3ccccc32)C(F)(F)F)C1. The smallest absolute Gasteiger partial charge is 0.417 e. The molecule has 1 unspecified atom stereocenters. The summed E-state index contributed by atoms with van der Waals surface area (Å²) in [5, 5.41) is 12.6. The van der Waals surface area contributed by atoms with Gasteiger partial charge in [0.1, 0.15) is 6.61 Å². The number of alkyl carbamates (subject to hydrolysis) is 1. The zero-order valence-electron chi connectivity index (χ0n) is 18.7. The van der Waals surface area contributed by atoms with Crippen molar-refractivity contribution >= 4 is 18.0 Å². The number of carbonyl (C=O) groups excluding carboxylic acids is 2. The highest BCUT2D eigenvalue weighted by atomic mass is 19.4. The number of fused-ring (bicyclic) bond motifs is 3. The summed E-state index contributed by atoms with van der Waals surface area (Å²) in [4.78, 5) is 35.2. The van der Waals surface area contributed by atoms with Gasteiger partial charge in [-0.15, -0.1) is 0 Å². The van der Waals surface area contributed by atoms with Gasteiger partial charge in [-0.05, 0) is 46.9 Å². The third-order valence-electron chi connectivity index (χ3n) is 6.56. The molecule has 1 atom stereocenters. The molecule has 2 aliphatic carbocycles. The van der Waals surface area contributed by atoms with Crippen LogP contribution in [-0.2, 0) is 14.3 Å². The Morgan fingerprint density at radius 2 is 1.54 bits per heavy atom. The van der Waals surface area contributed by atoms with E-state index in [4.69, 9.17) is 9.84 Å². The van der Waals surface area contributed by atoms with Crippen LogP contribution in [0.5, 0.6) is 0 Å². The van der Waals surface area contributed by atoms with Crippen molar-refractivity contribution in [1.29, 1.82) is 0 Å². The second-order valence-electron chi connectivity index (χ2n) is 8.99. The molecule has 0 bridgehead atoms. The first-order valence-electron chi connectivity index (χ1n) is 11.3. The normalized spacial score (nSPS) is 19.6. The Morgan fingerprint density at radius 1 is 0.971 bits per heavy atom. The number of aliphatic carboxylic acids is 1. The minimum absolute atomic E-state index is 0.00103. The van der Waals surface area contributed by atoms with Crippen LogP contribution in [0.15, 0.2) is 48.5 Å². The Hall–Kier alpha value is -3.56. The van der Waals surface area contributed by atoms with Gasteiger partial charge in [0, 0.05) is 18.9 Å². The van der Waals surface area contributed by atoms with Gasteiger partial charge in [0.25, 0.3) is 5.91 Å². The predicted molar refractivity (Wildman–Crippen MR) is 120 cm³/mol. The highest BCUT2D eigenvalue weighted by Crippen LogP contribution is 2.44. The lowest BCUT2D eigenvalue weighted by atomic mass is 9.73. The summed E-state index contributed by atoms with van der Waals surface area (Å²) in [6.07, 6.45) is -5.32. The number of benzene rings is 2. The molecular weight excluding hydrogens is 465 g/mol. The molecule has 1 fully saturated rings. The minimum atomic E-state index is -5.01. The van der Waals surface area contributed by atoms with Crippen molar-refractivity contribution in [2.45, 2.75) is 37.4 Å². The molecule has 4 rings (SSSR count). The molecule has 2 aromatic rings. The van der Waals surface area contributed by atoms with Gasteiger partial charge in [-0.3, -0.25) is 9.59 Å². The number of hydrogen-bond donors (Lipinski definition) is 3. The molecule has 2 aliphatic rings. The average Bonchev–Trinajstić information content (AvgIpc) is 3.10. The molecule has 0 aliphatic heterocycles. The molecule has 2 aromatic carbocycles. The topological polar surface area (TPSA) is 105 Å². The van der Waals surface area contributed by atoms with Crippen molar-refractivity contribution in [2.24, 2.45) is 11.8 Å². The lowest BCUT2D eigenvalue weighted by Gasteiger charge is -2.34. The van der Waals surface area contributed by atoms with Crippen LogP contribution < -0.4 is 10.6 Å². The number of alkyl halides is 3. The molecule has 1 saturated carbocycles. The Balaban J connectivity index is 1.32. The van der Waals surface area contributed by atoms with E-state index in [2.05, 4.69) is 5.32 Å². The molecule has 0 radical (unpaired) electrons. The fourth-order valence-electron chi connectivity index (χ4n) is 4.86. The van der Waals surface area contributed by atoms with Crippen molar-refractivity contribution in [3.05, 3.63) is 59.7 Å². The van der Waals surface area contributed by atoms with E-state index in [-0.39, 0.29) is 37.3 Å². The molecule has 2 amide bonds. The lowest BCUT2D eigenvalue weighted by Crippen LogP contribution is -2.56. The van der Waals surface area contributed by atoms with E-state index >= 15 is 0 Å². The number of carboxylic acid groups (broad SMARTS) is 1. The fraction of sp³-hybridized carbons (Fsp3) is 0.400. The average molecular weight is 490 g/mol. The summed E-state index contributed by atoms with van der Waals surface area (Å²) in [6, 6.07) is 12.3. The summed E-state index contributed by atoms with van der Waals surface area (Å²) in [5.74, 6) is -2.77. The van der Waals surface area contributed by atoms with E-state index in [1.165, 1.54) is 0 Å². The van der Waals surface area contributed by atoms with Crippen LogP contribution in [0, 0.1) is 11.8 Å². The largest absolute Gasteiger partial charge is 0.481 e. The second kappa shape index (κ2) is 9.97. The van der Waals surface area contributed by atoms with Gasteiger partial charge in [-0.25, -0.2) is 4.79 Å². The van der Waals surface area contributed by atoms with Gasteiger partial charge in [-0.1, -0.05) is 48.5 Å². The van der Waals surface area contributed by atoms with E-state index < -0.39 is 30.2 Å². The molecular formula is C25H25F3N2O5. The molecule has 0 saturated heterocycles. The van der Waals surface area contributed by atoms with Crippen LogP contribution in [0.1, 0.15) is 36.3 Å². The number of ether oxygens (including phenoxy) is 1. The predicted octanol–water partition coefficient (Wildman–Crippen LogP) is 4.07. The van der Waals surface area contributed by atoms with Crippen molar-refractivity contribution < 1.29 is 37.4 Å². The van der Waals surface area contributed by atoms with E-state index in [0.717, 1.165) is 22.3 Å². The number of rotatable bonds is 8. The molecule has 0 aromatic heterocycles. The summed E-state index contributed by atoms with van der Waals surface area (Å²) >= 11 is 0. The van der Waals surface area contributed by atoms with Gasteiger partial charge >= 0.3 is 18.2 Å². The number of halogens is 3.